The quantitative estimate of drug-likeness (QED) is 0.644. The monoisotopic (exact) mass is 361 g/mol. The molecule has 0 radical (unpaired) electrons. The predicted molar refractivity (Wildman–Crippen MR) is 92.7 cm³/mol. The van der Waals surface area contributed by atoms with Crippen LogP contribution in [0.25, 0.3) is 0 Å². The van der Waals surface area contributed by atoms with Crippen molar-refractivity contribution in [2.45, 2.75) is 26.3 Å². The van der Waals surface area contributed by atoms with Crippen LogP contribution < -0.4 is 21.1 Å². The highest BCUT2D eigenvalue weighted by Gasteiger charge is 2.17. The van der Waals surface area contributed by atoms with Crippen molar-refractivity contribution in [2.75, 3.05) is 20.2 Å². The molecule has 0 aliphatic carbocycles. The zero-order valence-corrected chi connectivity index (χ0v) is 14.9. The molecule has 0 heterocycles. The molecule has 0 bridgehead atoms. The Labute approximate surface area is 147 Å². The number of carbonyl (C=O) groups is 2. The lowest BCUT2D eigenvalue weighted by Gasteiger charge is -2.15. The van der Waals surface area contributed by atoms with Gasteiger partial charge in [-0.15, -0.1) is 12.4 Å². The smallest absolute Gasteiger partial charge is 0.239 e. The van der Waals surface area contributed by atoms with Crippen molar-refractivity contribution in [1.29, 1.82) is 0 Å². The van der Waals surface area contributed by atoms with Crippen molar-refractivity contribution in [2.24, 2.45) is 11.7 Å². The van der Waals surface area contributed by atoms with Crippen LogP contribution in [0.3, 0.4) is 0 Å². The van der Waals surface area contributed by atoms with Crippen LogP contribution in [0.5, 0.6) is 5.75 Å². The zero-order chi connectivity index (χ0) is 17.4. The summed E-state index contributed by atoms with van der Waals surface area (Å²) in [6.45, 7) is 3.88. The molecule has 6 nitrogen and oxygen atoms in total. The van der Waals surface area contributed by atoms with Gasteiger partial charge in [0.25, 0.3) is 0 Å². The lowest BCUT2D eigenvalue weighted by atomic mass is 10.1. The highest BCUT2D eigenvalue weighted by Crippen LogP contribution is 2.17. The number of amides is 2. The minimum atomic E-state index is -0.634. The van der Waals surface area contributed by atoms with Crippen molar-refractivity contribution in [3.8, 4) is 5.75 Å². The Morgan fingerprint density at radius 3 is 2.50 bits per heavy atom. The van der Waals surface area contributed by atoms with Gasteiger partial charge in [0, 0.05) is 6.54 Å². The number of nitrogens with one attached hydrogen (secondary N) is 2. The number of benzene rings is 1. The van der Waals surface area contributed by atoms with E-state index in [0.29, 0.717) is 13.0 Å². The van der Waals surface area contributed by atoms with E-state index < -0.39 is 11.9 Å². The topological polar surface area (TPSA) is 93.5 Å². The van der Waals surface area contributed by atoms with E-state index in [1.54, 1.807) is 12.1 Å². The second kappa shape index (κ2) is 10.8. The van der Waals surface area contributed by atoms with Crippen LogP contribution in [-0.2, 0) is 16.0 Å². The molecule has 8 heteroatoms. The Bertz CT molecular complexity index is 555. The standard InChI is InChI=1S/C16H24FN3O3.ClH/c1-10(2)15(18)16(22)20-9-14(21)19-7-6-11-4-5-13(23-3)12(17)8-11;/h4-5,8,10,15H,6-7,9,18H2,1-3H3,(H,19,21)(H,20,22);1H/t15-;/m0./s1. The van der Waals surface area contributed by atoms with Crippen LogP contribution in [0, 0.1) is 11.7 Å². The predicted octanol–water partition coefficient (Wildman–Crippen LogP) is 1.01. The molecule has 0 saturated carbocycles. The van der Waals surface area contributed by atoms with E-state index in [1.807, 2.05) is 13.8 Å². The van der Waals surface area contributed by atoms with Gasteiger partial charge in [0.2, 0.25) is 11.8 Å². The SMILES string of the molecule is COc1ccc(CCNC(=O)CNC(=O)[C@@H](N)C(C)C)cc1F.Cl. The van der Waals surface area contributed by atoms with E-state index in [9.17, 15) is 14.0 Å². The molecular formula is C16H25ClFN3O3. The maximum Gasteiger partial charge on any atom is 0.239 e. The van der Waals surface area contributed by atoms with Crippen molar-refractivity contribution < 1.29 is 18.7 Å². The van der Waals surface area contributed by atoms with Gasteiger partial charge in [-0.05, 0) is 30.0 Å². The third-order valence-electron chi connectivity index (χ3n) is 3.40. The number of rotatable bonds is 8. The van der Waals surface area contributed by atoms with Gasteiger partial charge in [0.15, 0.2) is 11.6 Å². The molecule has 0 unspecified atom stereocenters. The summed E-state index contributed by atoms with van der Waals surface area (Å²) in [5.74, 6) is -0.924. The van der Waals surface area contributed by atoms with Crippen LogP contribution in [-0.4, -0.2) is 38.1 Å². The van der Waals surface area contributed by atoms with Crippen molar-refractivity contribution in [3.63, 3.8) is 0 Å². The average molecular weight is 362 g/mol. The number of halogens is 2. The fourth-order valence-corrected chi connectivity index (χ4v) is 1.86. The third kappa shape index (κ3) is 7.14. The second-order valence-corrected chi connectivity index (χ2v) is 5.56. The first-order chi connectivity index (χ1) is 10.8. The minimum absolute atomic E-state index is 0. The summed E-state index contributed by atoms with van der Waals surface area (Å²) in [6.07, 6.45) is 0.478. The first-order valence-corrected chi connectivity index (χ1v) is 7.47. The van der Waals surface area contributed by atoms with E-state index in [4.69, 9.17) is 10.5 Å². The zero-order valence-electron chi connectivity index (χ0n) is 14.1. The van der Waals surface area contributed by atoms with Crippen LogP contribution in [0.1, 0.15) is 19.4 Å². The van der Waals surface area contributed by atoms with Gasteiger partial charge < -0.3 is 21.1 Å². The molecule has 4 N–H and O–H groups in total. The summed E-state index contributed by atoms with van der Waals surface area (Å²) in [6, 6.07) is 4.01. The molecular weight excluding hydrogens is 337 g/mol. The number of hydrogen-bond acceptors (Lipinski definition) is 4. The van der Waals surface area contributed by atoms with Gasteiger partial charge in [0.05, 0.1) is 19.7 Å². The van der Waals surface area contributed by atoms with Gasteiger partial charge in [-0.25, -0.2) is 4.39 Å². The molecule has 0 aliphatic heterocycles. The first kappa shape index (κ1) is 22.1. The largest absolute Gasteiger partial charge is 0.494 e. The fourth-order valence-electron chi connectivity index (χ4n) is 1.86. The van der Waals surface area contributed by atoms with E-state index >= 15 is 0 Å². The molecule has 2 amide bonds. The molecule has 1 rings (SSSR count). The van der Waals surface area contributed by atoms with Crippen molar-refractivity contribution in [3.05, 3.63) is 29.6 Å². The summed E-state index contributed by atoms with van der Waals surface area (Å²) in [7, 11) is 1.40. The van der Waals surface area contributed by atoms with E-state index in [1.165, 1.54) is 13.2 Å². The molecule has 1 aromatic rings. The molecule has 24 heavy (non-hydrogen) atoms. The Morgan fingerprint density at radius 1 is 1.29 bits per heavy atom. The van der Waals surface area contributed by atoms with Crippen LogP contribution in [0.15, 0.2) is 18.2 Å². The fraction of sp³-hybridized carbons (Fsp3) is 0.500. The Morgan fingerprint density at radius 2 is 1.96 bits per heavy atom. The molecule has 1 aromatic carbocycles. The van der Waals surface area contributed by atoms with Gasteiger partial charge in [-0.1, -0.05) is 19.9 Å². The number of carbonyl (C=O) groups excluding carboxylic acids is 2. The van der Waals surface area contributed by atoms with E-state index in [-0.39, 0.29) is 42.4 Å². The summed E-state index contributed by atoms with van der Waals surface area (Å²) in [4.78, 5) is 23.2. The highest BCUT2D eigenvalue weighted by molar-refractivity contribution is 5.87. The summed E-state index contributed by atoms with van der Waals surface area (Å²) in [5.41, 5.74) is 6.42. The number of nitrogens with two attached hydrogens (primary N) is 1. The summed E-state index contributed by atoms with van der Waals surface area (Å²) < 4.78 is 18.4. The van der Waals surface area contributed by atoms with Gasteiger partial charge in [-0.3, -0.25) is 9.59 Å². The van der Waals surface area contributed by atoms with E-state index in [2.05, 4.69) is 10.6 Å². The molecule has 1 atom stereocenters. The van der Waals surface area contributed by atoms with Crippen molar-refractivity contribution in [1.82, 2.24) is 10.6 Å². The molecule has 136 valence electrons. The normalized spacial score (nSPS) is 11.4. The molecule has 0 aromatic heterocycles. The van der Waals surface area contributed by atoms with Crippen molar-refractivity contribution >= 4 is 24.2 Å². The summed E-state index contributed by atoms with van der Waals surface area (Å²) in [5, 5.41) is 5.14. The number of hydrogen-bond donors (Lipinski definition) is 3. The molecule has 0 spiro atoms. The van der Waals surface area contributed by atoms with Crippen LogP contribution >= 0.6 is 12.4 Å². The van der Waals surface area contributed by atoms with Gasteiger partial charge >= 0.3 is 0 Å². The second-order valence-electron chi connectivity index (χ2n) is 5.56. The Kier molecular flexibility index (Phi) is 9.99. The first-order valence-electron chi connectivity index (χ1n) is 7.47. The molecule has 0 fully saturated rings. The lowest BCUT2D eigenvalue weighted by molar-refractivity contribution is -0.127. The highest BCUT2D eigenvalue weighted by atomic mass is 35.5. The van der Waals surface area contributed by atoms with E-state index in [0.717, 1.165) is 5.56 Å². The minimum Gasteiger partial charge on any atom is -0.494 e. The summed E-state index contributed by atoms with van der Waals surface area (Å²) >= 11 is 0. The molecule has 0 saturated heterocycles. The third-order valence-corrected chi connectivity index (χ3v) is 3.40. The Hall–Kier alpha value is -1.86. The Balaban J connectivity index is 0.00000529. The lowest BCUT2D eigenvalue weighted by Crippen LogP contribution is -2.47. The number of ether oxygens (including phenoxy) is 1. The van der Waals surface area contributed by atoms with Gasteiger partial charge in [-0.2, -0.15) is 0 Å². The molecule has 0 aliphatic rings. The number of methoxy groups -OCH3 is 1. The average Bonchev–Trinajstić information content (AvgIpc) is 2.51. The maximum absolute atomic E-state index is 13.5. The maximum atomic E-state index is 13.5. The van der Waals surface area contributed by atoms with Crippen LogP contribution in [0.2, 0.25) is 0 Å². The van der Waals surface area contributed by atoms with Gasteiger partial charge in [0.1, 0.15) is 0 Å². The van der Waals surface area contributed by atoms with Crippen LogP contribution in [0.4, 0.5) is 4.39 Å².